The van der Waals surface area contributed by atoms with Gasteiger partial charge in [0, 0.05) is 31.9 Å². The molecule has 1 aromatic heterocycles. The van der Waals surface area contributed by atoms with Gasteiger partial charge in [0.15, 0.2) is 11.3 Å². The molecular formula is C24H30N4O4S. The van der Waals surface area contributed by atoms with Crippen LogP contribution in [0.3, 0.4) is 0 Å². The topological polar surface area (TPSA) is 95.7 Å². The number of carbonyl (C=O) groups is 1. The van der Waals surface area contributed by atoms with Gasteiger partial charge in [0.1, 0.15) is 0 Å². The van der Waals surface area contributed by atoms with E-state index in [0.29, 0.717) is 29.7 Å². The number of amides is 1. The number of anilines is 2. The van der Waals surface area contributed by atoms with Gasteiger partial charge in [0.2, 0.25) is 0 Å². The van der Waals surface area contributed by atoms with Crippen molar-refractivity contribution in [1.29, 1.82) is 0 Å². The van der Waals surface area contributed by atoms with Gasteiger partial charge in [-0.3, -0.25) is 9.52 Å². The normalized spacial score (nSPS) is 14.5. The molecular weight excluding hydrogens is 440 g/mol. The molecule has 33 heavy (non-hydrogen) atoms. The number of aryl methyl sites for hydroxylation is 1. The average Bonchev–Trinajstić information content (AvgIpc) is 3.25. The van der Waals surface area contributed by atoms with Crippen LogP contribution in [0.25, 0.3) is 11.0 Å². The first-order valence-electron chi connectivity index (χ1n) is 11.4. The molecule has 176 valence electrons. The predicted molar refractivity (Wildman–Crippen MR) is 129 cm³/mol. The van der Waals surface area contributed by atoms with Gasteiger partial charge in [-0.2, -0.15) is 0 Å². The van der Waals surface area contributed by atoms with Gasteiger partial charge in [-0.1, -0.05) is 5.16 Å². The highest BCUT2D eigenvalue weighted by molar-refractivity contribution is 7.92. The summed E-state index contributed by atoms with van der Waals surface area (Å²) in [6.07, 6.45) is 3.02. The Morgan fingerprint density at radius 3 is 2.48 bits per heavy atom. The lowest BCUT2D eigenvalue weighted by Crippen LogP contribution is -2.35. The van der Waals surface area contributed by atoms with E-state index in [1.54, 1.807) is 17.0 Å². The van der Waals surface area contributed by atoms with Crippen LogP contribution in [-0.2, 0) is 10.0 Å². The SMILES string of the molecule is CCN(CC)c1ccc(NS(=O)(=O)c2ccc3onc(C(=O)N4CCCCC4)c3c2)c(C)c1. The Morgan fingerprint density at radius 2 is 1.82 bits per heavy atom. The van der Waals surface area contributed by atoms with Gasteiger partial charge in [-0.15, -0.1) is 0 Å². The van der Waals surface area contributed by atoms with Gasteiger partial charge in [0.05, 0.1) is 16.0 Å². The first kappa shape index (κ1) is 23.1. The number of likely N-dealkylation sites (tertiary alicyclic amines) is 1. The zero-order valence-corrected chi connectivity index (χ0v) is 20.1. The second-order valence-electron chi connectivity index (χ2n) is 8.32. The number of fused-ring (bicyclic) bond motifs is 1. The number of nitrogens with zero attached hydrogens (tertiary/aromatic N) is 3. The summed E-state index contributed by atoms with van der Waals surface area (Å²) in [5.41, 5.74) is 2.93. The lowest BCUT2D eigenvalue weighted by atomic mass is 10.1. The smallest absolute Gasteiger partial charge is 0.276 e. The molecule has 0 radical (unpaired) electrons. The maximum absolute atomic E-state index is 13.2. The third-order valence-electron chi connectivity index (χ3n) is 6.18. The van der Waals surface area contributed by atoms with E-state index in [2.05, 4.69) is 28.6 Å². The molecule has 4 rings (SSSR count). The van der Waals surface area contributed by atoms with E-state index in [-0.39, 0.29) is 16.5 Å². The highest BCUT2D eigenvalue weighted by Crippen LogP contribution is 2.28. The molecule has 0 bridgehead atoms. The van der Waals surface area contributed by atoms with Crippen LogP contribution in [0, 0.1) is 6.92 Å². The van der Waals surface area contributed by atoms with Crippen LogP contribution < -0.4 is 9.62 Å². The van der Waals surface area contributed by atoms with Gasteiger partial charge in [-0.25, -0.2) is 8.42 Å². The molecule has 1 saturated heterocycles. The third-order valence-corrected chi connectivity index (χ3v) is 7.54. The standard InChI is InChI=1S/C24H30N4O4S/c1-4-27(5-2)18-9-11-21(17(3)15-18)26-33(30,31)19-10-12-22-20(16-19)23(25-32-22)24(29)28-13-7-6-8-14-28/h9-12,15-16,26H,4-8,13-14H2,1-3H3. The van der Waals surface area contributed by atoms with E-state index in [1.807, 2.05) is 19.1 Å². The van der Waals surface area contributed by atoms with Gasteiger partial charge >= 0.3 is 0 Å². The van der Waals surface area contributed by atoms with E-state index in [9.17, 15) is 13.2 Å². The molecule has 1 fully saturated rings. The number of hydrogen-bond acceptors (Lipinski definition) is 6. The van der Waals surface area contributed by atoms with Crippen molar-refractivity contribution in [2.45, 2.75) is 44.9 Å². The van der Waals surface area contributed by atoms with Gasteiger partial charge in [0.25, 0.3) is 15.9 Å². The number of piperidine rings is 1. The summed E-state index contributed by atoms with van der Waals surface area (Å²) in [7, 11) is -3.87. The Morgan fingerprint density at radius 1 is 1.09 bits per heavy atom. The molecule has 1 N–H and O–H groups in total. The molecule has 2 aromatic carbocycles. The Bertz CT molecular complexity index is 1260. The Balaban J connectivity index is 1.62. The number of hydrogen-bond donors (Lipinski definition) is 1. The summed E-state index contributed by atoms with van der Waals surface area (Å²) in [6, 6.07) is 10.1. The van der Waals surface area contributed by atoms with Crippen LogP contribution in [0.5, 0.6) is 0 Å². The molecule has 1 aliphatic heterocycles. The fraction of sp³-hybridized carbons (Fsp3) is 0.417. The van der Waals surface area contributed by atoms with Crippen LogP contribution in [0.15, 0.2) is 45.8 Å². The quantitative estimate of drug-likeness (QED) is 0.550. The number of carbonyl (C=O) groups excluding carboxylic acids is 1. The fourth-order valence-electron chi connectivity index (χ4n) is 4.24. The van der Waals surface area contributed by atoms with Crippen molar-refractivity contribution in [1.82, 2.24) is 10.1 Å². The van der Waals surface area contributed by atoms with Gasteiger partial charge in [-0.05, 0) is 82.0 Å². The molecule has 3 aromatic rings. The molecule has 0 spiro atoms. The molecule has 0 saturated carbocycles. The maximum atomic E-state index is 13.2. The van der Waals surface area contributed by atoms with Crippen molar-refractivity contribution in [3.8, 4) is 0 Å². The lowest BCUT2D eigenvalue weighted by molar-refractivity contribution is 0.0716. The van der Waals surface area contributed by atoms with Crippen molar-refractivity contribution in [2.24, 2.45) is 0 Å². The molecule has 8 nitrogen and oxygen atoms in total. The Kier molecular flexibility index (Phi) is 6.60. The van der Waals surface area contributed by atoms with Crippen molar-refractivity contribution < 1.29 is 17.7 Å². The molecule has 0 aliphatic carbocycles. The lowest BCUT2D eigenvalue weighted by Gasteiger charge is -2.25. The van der Waals surface area contributed by atoms with Crippen LogP contribution in [0.4, 0.5) is 11.4 Å². The molecule has 1 aliphatic rings. The first-order valence-corrected chi connectivity index (χ1v) is 12.9. The maximum Gasteiger partial charge on any atom is 0.276 e. The van der Waals surface area contributed by atoms with E-state index in [4.69, 9.17) is 4.52 Å². The molecule has 2 heterocycles. The third kappa shape index (κ3) is 4.68. The number of benzene rings is 2. The fourth-order valence-corrected chi connectivity index (χ4v) is 5.39. The second-order valence-corrected chi connectivity index (χ2v) is 10.0. The summed E-state index contributed by atoms with van der Waals surface area (Å²) in [5.74, 6) is -0.223. The van der Waals surface area contributed by atoms with E-state index in [1.165, 1.54) is 12.1 Å². The highest BCUT2D eigenvalue weighted by atomic mass is 32.2. The Labute approximate surface area is 194 Å². The van der Waals surface area contributed by atoms with Crippen molar-refractivity contribution in [3.05, 3.63) is 47.7 Å². The molecule has 9 heteroatoms. The van der Waals surface area contributed by atoms with Crippen molar-refractivity contribution in [3.63, 3.8) is 0 Å². The average molecular weight is 471 g/mol. The largest absolute Gasteiger partial charge is 0.372 e. The summed E-state index contributed by atoms with van der Waals surface area (Å²) >= 11 is 0. The van der Waals surface area contributed by atoms with Gasteiger partial charge < -0.3 is 14.3 Å². The first-order chi connectivity index (χ1) is 15.8. The minimum Gasteiger partial charge on any atom is -0.372 e. The summed E-state index contributed by atoms with van der Waals surface area (Å²) in [5, 5.41) is 4.35. The highest BCUT2D eigenvalue weighted by Gasteiger charge is 2.25. The monoisotopic (exact) mass is 470 g/mol. The summed E-state index contributed by atoms with van der Waals surface area (Å²) in [4.78, 5) is 16.9. The van der Waals surface area contributed by atoms with Crippen LogP contribution in [-0.4, -0.2) is 50.6 Å². The Hall–Kier alpha value is -3.07. The van der Waals surface area contributed by atoms with Crippen LogP contribution in [0.2, 0.25) is 0 Å². The summed E-state index contributed by atoms with van der Waals surface area (Å²) < 4.78 is 34.3. The predicted octanol–water partition coefficient (Wildman–Crippen LogP) is 4.41. The van der Waals surface area contributed by atoms with E-state index < -0.39 is 10.0 Å². The molecule has 0 atom stereocenters. The second kappa shape index (κ2) is 9.43. The minimum atomic E-state index is -3.87. The minimum absolute atomic E-state index is 0.0538. The zero-order chi connectivity index (χ0) is 23.6. The van der Waals surface area contributed by atoms with E-state index >= 15 is 0 Å². The van der Waals surface area contributed by atoms with Crippen LogP contribution >= 0.6 is 0 Å². The van der Waals surface area contributed by atoms with Crippen molar-refractivity contribution >= 4 is 38.3 Å². The van der Waals surface area contributed by atoms with Crippen LogP contribution in [0.1, 0.15) is 49.2 Å². The number of sulfonamides is 1. The van der Waals surface area contributed by atoms with Crippen molar-refractivity contribution in [2.75, 3.05) is 35.8 Å². The number of nitrogens with one attached hydrogen (secondary N) is 1. The summed E-state index contributed by atoms with van der Waals surface area (Å²) in [6.45, 7) is 9.14. The molecule has 1 amide bonds. The zero-order valence-electron chi connectivity index (χ0n) is 19.3. The van der Waals surface area contributed by atoms with E-state index in [0.717, 1.165) is 43.6 Å². The molecule has 0 unspecified atom stereocenters. The number of aromatic nitrogens is 1. The number of rotatable bonds is 7.